The molecule has 1 saturated heterocycles. The van der Waals surface area contributed by atoms with Crippen molar-refractivity contribution in [2.24, 2.45) is 5.92 Å². The van der Waals surface area contributed by atoms with E-state index in [-0.39, 0.29) is 36.9 Å². The number of fused-ring (bicyclic) bond motifs is 1. The Kier molecular flexibility index (Phi) is 7.69. The zero-order valence-electron chi connectivity index (χ0n) is 16.4. The summed E-state index contributed by atoms with van der Waals surface area (Å²) in [5.41, 5.74) is 0.953. The molecule has 1 aromatic carbocycles. The number of esters is 1. The monoisotopic (exact) mass is 418 g/mol. The maximum Gasteiger partial charge on any atom is 0.306 e. The van der Waals surface area contributed by atoms with Gasteiger partial charge in [-0.05, 0) is 43.4 Å². The Bertz CT molecular complexity index is 763. The van der Waals surface area contributed by atoms with E-state index in [2.05, 4.69) is 5.32 Å². The summed E-state index contributed by atoms with van der Waals surface area (Å²) >= 11 is 5.88. The molecule has 2 atom stereocenters. The average Bonchev–Trinajstić information content (AvgIpc) is 3.18. The predicted octanol–water partition coefficient (Wildman–Crippen LogP) is 3.24. The van der Waals surface area contributed by atoms with Gasteiger partial charge in [0.1, 0.15) is 6.61 Å². The summed E-state index contributed by atoms with van der Waals surface area (Å²) in [4.78, 5) is 39.2. The number of allylic oxidation sites excluding steroid dienone is 2. The highest BCUT2D eigenvalue weighted by Crippen LogP contribution is 2.24. The first kappa shape index (κ1) is 21.4. The molecule has 2 aliphatic rings. The second-order valence-corrected chi connectivity index (χ2v) is 8.00. The third kappa shape index (κ3) is 6.32. The molecule has 0 spiro atoms. The van der Waals surface area contributed by atoms with Crippen LogP contribution in [0, 0.1) is 5.92 Å². The van der Waals surface area contributed by atoms with Crippen LogP contribution in [0.1, 0.15) is 44.1 Å². The standard InChI is InChI=1S/C22H27ClN2O4/c23-18-10-8-16(9-11-18)14-24-20(26)13-17-5-2-1-3-7-21(27)29-15-19-6-4-12-25(19)22(17)28/h1-2,8-11,17,19H,3-7,12-15H2,(H,24,26)/b2-1+/t17-,19+/m0/s1. The Morgan fingerprint density at radius 3 is 2.79 bits per heavy atom. The number of carbonyl (C=O) groups excluding carboxylic acids is 3. The van der Waals surface area contributed by atoms with Gasteiger partial charge in [-0.15, -0.1) is 0 Å². The number of cyclic esters (lactones) is 1. The summed E-state index contributed by atoms with van der Waals surface area (Å²) < 4.78 is 5.33. The zero-order chi connectivity index (χ0) is 20.6. The molecule has 156 valence electrons. The Morgan fingerprint density at radius 1 is 1.21 bits per heavy atom. The molecule has 0 unspecified atom stereocenters. The molecule has 0 aliphatic carbocycles. The fraction of sp³-hybridized carbons (Fsp3) is 0.500. The number of amides is 2. The van der Waals surface area contributed by atoms with E-state index < -0.39 is 5.92 Å². The molecule has 1 N–H and O–H groups in total. The number of nitrogens with one attached hydrogen (secondary N) is 1. The minimum absolute atomic E-state index is 0.0320. The maximum absolute atomic E-state index is 13.1. The number of ether oxygens (including phenoxy) is 1. The van der Waals surface area contributed by atoms with Gasteiger partial charge in [0, 0.05) is 31.0 Å². The second kappa shape index (κ2) is 10.4. The molecule has 2 aliphatic heterocycles. The van der Waals surface area contributed by atoms with Crippen LogP contribution >= 0.6 is 11.6 Å². The maximum atomic E-state index is 13.1. The Balaban J connectivity index is 1.63. The number of carbonyl (C=O) groups is 3. The number of nitrogens with zero attached hydrogens (tertiary/aromatic N) is 1. The first-order valence-electron chi connectivity index (χ1n) is 10.1. The smallest absolute Gasteiger partial charge is 0.306 e. The fourth-order valence-electron chi connectivity index (χ4n) is 3.74. The molecule has 2 amide bonds. The molecule has 2 heterocycles. The summed E-state index contributed by atoms with van der Waals surface area (Å²) in [6.45, 7) is 1.28. The molecule has 7 heteroatoms. The summed E-state index contributed by atoms with van der Waals surface area (Å²) in [6.07, 6.45) is 7.04. The van der Waals surface area contributed by atoms with Crippen molar-refractivity contribution in [2.45, 2.75) is 51.1 Å². The Hall–Kier alpha value is -2.34. The van der Waals surface area contributed by atoms with Gasteiger partial charge >= 0.3 is 5.97 Å². The normalized spacial score (nSPS) is 24.1. The van der Waals surface area contributed by atoms with Crippen molar-refractivity contribution in [1.82, 2.24) is 10.2 Å². The van der Waals surface area contributed by atoms with Crippen molar-refractivity contribution in [3.63, 3.8) is 0 Å². The van der Waals surface area contributed by atoms with Gasteiger partial charge in [-0.1, -0.05) is 35.9 Å². The summed E-state index contributed by atoms with van der Waals surface area (Å²) in [7, 11) is 0. The lowest BCUT2D eigenvalue weighted by molar-refractivity contribution is -0.148. The highest BCUT2D eigenvalue weighted by molar-refractivity contribution is 6.30. The zero-order valence-corrected chi connectivity index (χ0v) is 17.2. The van der Waals surface area contributed by atoms with Crippen LogP contribution in [0.25, 0.3) is 0 Å². The number of rotatable bonds is 4. The molecule has 6 nitrogen and oxygen atoms in total. The quantitative estimate of drug-likeness (QED) is 0.601. The molecule has 0 radical (unpaired) electrons. The van der Waals surface area contributed by atoms with Gasteiger partial charge in [0.15, 0.2) is 0 Å². The van der Waals surface area contributed by atoms with Crippen molar-refractivity contribution in [2.75, 3.05) is 13.2 Å². The molecule has 29 heavy (non-hydrogen) atoms. The van der Waals surface area contributed by atoms with E-state index in [0.29, 0.717) is 37.4 Å². The average molecular weight is 419 g/mol. The van der Waals surface area contributed by atoms with Gasteiger partial charge in [-0.25, -0.2) is 0 Å². The molecular weight excluding hydrogens is 392 g/mol. The van der Waals surface area contributed by atoms with E-state index in [9.17, 15) is 14.4 Å². The Morgan fingerprint density at radius 2 is 2.00 bits per heavy atom. The van der Waals surface area contributed by atoms with E-state index in [1.807, 2.05) is 24.3 Å². The first-order valence-corrected chi connectivity index (χ1v) is 10.5. The SMILES string of the molecule is O=C(C[C@@H]1C/C=C/CCC(=O)OC[C@H]2CCCN2C1=O)NCc1ccc(Cl)cc1. The van der Waals surface area contributed by atoms with E-state index in [4.69, 9.17) is 16.3 Å². The lowest BCUT2D eigenvalue weighted by Crippen LogP contribution is -2.43. The lowest BCUT2D eigenvalue weighted by Gasteiger charge is -2.28. The van der Waals surface area contributed by atoms with Crippen molar-refractivity contribution in [1.29, 1.82) is 0 Å². The van der Waals surface area contributed by atoms with Crippen molar-refractivity contribution in [3.05, 3.63) is 47.0 Å². The highest BCUT2D eigenvalue weighted by atomic mass is 35.5. The molecule has 3 rings (SSSR count). The van der Waals surface area contributed by atoms with Crippen molar-refractivity contribution in [3.8, 4) is 0 Å². The second-order valence-electron chi connectivity index (χ2n) is 7.56. The first-order chi connectivity index (χ1) is 14.0. The number of benzene rings is 1. The number of halogens is 1. The molecule has 0 aromatic heterocycles. The Labute approximate surface area is 176 Å². The molecule has 1 fully saturated rings. The van der Waals surface area contributed by atoms with Crippen molar-refractivity contribution >= 4 is 29.4 Å². The van der Waals surface area contributed by atoms with Gasteiger partial charge in [0.05, 0.1) is 12.0 Å². The lowest BCUT2D eigenvalue weighted by atomic mass is 9.97. The van der Waals surface area contributed by atoms with E-state index in [1.165, 1.54) is 0 Å². The van der Waals surface area contributed by atoms with Crippen LogP contribution in [-0.2, 0) is 25.7 Å². The third-order valence-electron chi connectivity index (χ3n) is 5.38. The van der Waals surface area contributed by atoms with E-state index >= 15 is 0 Å². The van der Waals surface area contributed by atoms with Crippen LogP contribution in [0.2, 0.25) is 5.02 Å². The summed E-state index contributed by atoms with van der Waals surface area (Å²) in [6, 6.07) is 7.20. The van der Waals surface area contributed by atoms with E-state index in [1.54, 1.807) is 17.0 Å². The van der Waals surface area contributed by atoms with Gasteiger partial charge in [0.25, 0.3) is 0 Å². The highest BCUT2D eigenvalue weighted by Gasteiger charge is 2.34. The minimum Gasteiger partial charge on any atom is -0.463 e. The van der Waals surface area contributed by atoms with Crippen LogP contribution in [0.3, 0.4) is 0 Å². The van der Waals surface area contributed by atoms with Gasteiger partial charge < -0.3 is 15.0 Å². The third-order valence-corrected chi connectivity index (χ3v) is 5.64. The van der Waals surface area contributed by atoms with Gasteiger partial charge in [0.2, 0.25) is 11.8 Å². The number of hydrogen-bond donors (Lipinski definition) is 1. The molecular formula is C22H27ClN2O4. The van der Waals surface area contributed by atoms with Gasteiger partial charge in [-0.2, -0.15) is 0 Å². The van der Waals surface area contributed by atoms with Crippen LogP contribution in [0.5, 0.6) is 0 Å². The molecule has 0 bridgehead atoms. The summed E-state index contributed by atoms with van der Waals surface area (Å²) in [5.74, 6) is -0.823. The predicted molar refractivity (Wildman–Crippen MR) is 110 cm³/mol. The largest absolute Gasteiger partial charge is 0.463 e. The van der Waals surface area contributed by atoms with Gasteiger partial charge in [-0.3, -0.25) is 14.4 Å². The van der Waals surface area contributed by atoms with Crippen LogP contribution in [0.4, 0.5) is 0 Å². The van der Waals surface area contributed by atoms with E-state index in [0.717, 1.165) is 18.4 Å². The fourth-order valence-corrected chi connectivity index (χ4v) is 3.87. The molecule has 0 saturated carbocycles. The van der Waals surface area contributed by atoms with Crippen LogP contribution in [0.15, 0.2) is 36.4 Å². The van der Waals surface area contributed by atoms with Crippen LogP contribution in [-0.4, -0.2) is 41.9 Å². The van der Waals surface area contributed by atoms with Crippen LogP contribution < -0.4 is 5.32 Å². The minimum atomic E-state index is -0.410. The topological polar surface area (TPSA) is 75.7 Å². The van der Waals surface area contributed by atoms with Crippen molar-refractivity contribution < 1.29 is 19.1 Å². The summed E-state index contributed by atoms with van der Waals surface area (Å²) in [5, 5.41) is 3.54. The number of hydrogen-bond acceptors (Lipinski definition) is 4. The molecule has 1 aromatic rings.